The van der Waals surface area contributed by atoms with Crippen LogP contribution >= 0.6 is 0 Å². The summed E-state index contributed by atoms with van der Waals surface area (Å²) in [6.07, 6.45) is 3.10. The van der Waals surface area contributed by atoms with Crippen molar-refractivity contribution >= 4 is 0 Å². The van der Waals surface area contributed by atoms with Gasteiger partial charge < -0.3 is 5.32 Å². The van der Waals surface area contributed by atoms with E-state index in [1.54, 1.807) is 0 Å². The summed E-state index contributed by atoms with van der Waals surface area (Å²) in [4.78, 5) is 4.30. The van der Waals surface area contributed by atoms with Gasteiger partial charge in [0, 0.05) is 19.3 Å². The maximum Gasteiger partial charge on any atom is 0.0541 e. The standard InChI is InChI=1S/C14H24N2/c1-12(2)9-14(3,4)11-15-10-13-7-5-6-8-16-13/h5-8,12,15H,9-11H2,1-4H3. The van der Waals surface area contributed by atoms with Crippen molar-refractivity contribution in [2.75, 3.05) is 6.54 Å². The Hall–Kier alpha value is -0.890. The normalized spacial score (nSPS) is 12.1. The van der Waals surface area contributed by atoms with Gasteiger partial charge in [-0.15, -0.1) is 0 Å². The Bertz CT molecular complexity index is 291. The van der Waals surface area contributed by atoms with Gasteiger partial charge in [-0.25, -0.2) is 0 Å². The van der Waals surface area contributed by atoms with Gasteiger partial charge in [0.05, 0.1) is 5.69 Å². The molecule has 0 saturated carbocycles. The maximum atomic E-state index is 4.30. The average molecular weight is 220 g/mol. The van der Waals surface area contributed by atoms with Gasteiger partial charge in [0.2, 0.25) is 0 Å². The molecular formula is C14H24N2. The molecule has 0 spiro atoms. The Morgan fingerprint density at radius 2 is 2.06 bits per heavy atom. The van der Waals surface area contributed by atoms with Crippen LogP contribution in [0.4, 0.5) is 0 Å². The highest BCUT2D eigenvalue weighted by atomic mass is 14.9. The zero-order valence-corrected chi connectivity index (χ0v) is 11.0. The monoisotopic (exact) mass is 220 g/mol. The number of pyridine rings is 1. The molecule has 0 atom stereocenters. The molecule has 1 aromatic heterocycles. The highest BCUT2D eigenvalue weighted by molar-refractivity contribution is 5.02. The second-order valence-electron chi connectivity index (χ2n) is 5.69. The molecule has 1 N–H and O–H groups in total. The van der Waals surface area contributed by atoms with Gasteiger partial charge >= 0.3 is 0 Å². The molecule has 1 heterocycles. The molecule has 0 aromatic carbocycles. The largest absolute Gasteiger partial charge is 0.311 e. The third kappa shape index (κ3) is 5.26. The Balaban J connectivity index is 2.30. The minimum Gasteiger partial charge on any atom is -0.311 e. The summed E-state index contributed by atoms with van der Waals surface area (Å²) in [7, 11) is 0. The van der Waals surface area contributed by atoms with Crippen molar-refractivity contribution in [3.63, 3.8) is 0 Å². The molecule has 0 bridgehead atoms. The molecular weight excluding hydrogens is 196 g/mol. The van der Waals surface area contributed by atoms with Crippen LogP contribution in [0, 0.1) is 11.3 Å². The van der Waals surface area contributed by atoms with Crippen molar-refractivity contribution in [1.82, 2.24) is 10.3 Å². The lowest BCUT2D eigenvalue weighted by molar-refractivity contribution is 0.272. The Morgan fingerprint density at radius 3 is 2.62 bits per heavy atom. The van der Waals surface area contributed by atoms with Crippen molar-refractivity contribution in [3.05, 3.63) is 30.1 Å². The Labute approximate surface area is 99.5 Å². The number of nitrogens with zero attached hydrogens (tertiary/aromatic N) is 1. The smallest absolute Gasteiger partial charge is 0.0541 e. The molecule has 0 aliphatic carbocycles. The summed E-state index contributed by atoms with van der Waals surface area (Å²) in [6, 6.07) is 6.04. The van der Waals surface area contributed by atoms with Crippen molar-refractivity contribution in [2.45, 2.75) is 40.7 Å². The molecule has 1 rings (SSSR count). The molecule has 0 fully saturated rings. The summed E-state index contributed by atoms with van der Waals surface area (Å²) >= 11 is 0. The third-order valence-electron chi connectivity index (χ3n) is 2.60. The van der Waals surface area contributed by atoms with E-state index in [9.17, 15) is 0 Å². The minimum absolute atomic E-state index is 0.364. The first-order chi connectivity index (χ1) is 7.49. The van der Waals surface area contributed by atoms with Gasteiger partial charge in [0.1, 0.15) is 0 Å². The first-order valence-electron chi connectivity index (χ1n) is 6.10. The second-order valence-corrected chi connectivity index (χ2v) is 5.69. The molecule has 90 valence electrons. The number of aromatic nitrogens is 1. The van der Waals surface area contributed by atoms with Gasteiger partial charge in [-0.05, 0) is 29.9 Å². The molecule has 0 radical (unpaired) electrons. The van der Waals surface area contributed by atoms with Crippen LogP contribution in [0.2, 0.25) is 0 Å². The number of rotatable bonds is 6. The van der Waals surface area contributed by atoms with Crippen molar-refractivity contribution < 1.29 is 0 Å². The number of hydrogen-bond acceptors (Lipinski definition) is 2. The fourth-order valence-electron chi connectivity index (χ4n) is 2.21. The van der Waals surface area contributed by atoms with Crippen LogP contribution in [0.5, 0.6) is 0 Å². The lowest BCUT2D eigenvalue weighted by Crippen LogP contribution is -2.30. The van der Waals surface area contributed by atoms with Crippen molar-refractivity contribution in [2.24, 2.45) is 11.3 Å². The van der Waals surface area contributed by atoms with E-state index in [4.69, 9.17) is 0 Å². The predicted octanol–water partition coefficient (Wildman–Crippen LogP) is 3.24. The van der Waals surface area contributed by atoms with E-state index in [1.807, 2.05) is 18.3 Å². The van der Waals surface area contributed by atoms with E-state index in [0.29, 0.717) is 5.41 Å². The molecule has 0 saturated heterocycles. The predicted molar refractivity (Wildman–Crippen MR) is 69.2 cm³/mol. The molecule has 2 heteroatoms. The van der Waals surface area contributed by atoms with Gasteiger partial charge in [-0.2, -0.15) is 0 Å². The molecule has 0 aliphatic rings. The number of hydrogen-bond donors (Lipinski definition) is 1. The van der Waals surface area contributed by atoms with Crippen LogP contribution in [-0.4, -0.2) is 11.5 Å². The average Bonchev–Trinajstić information content (AvgIpc) is 2.16. The maximum absolute atomic E-state index is 4.30. The summed E-state index contributed by atoms with van der Waals surface area (Å²) in [5.74, 6) is 0.756. The first-order valence-corrected chi connectivity index (χ1v) is 6.10. The molecule has 0 aliphatic heterocycles. The van der Waals surface area contributed by atoms with Crippen LogP contribution in [0.15, 0.2) is 24.4 Å². The summed E-state index contributed by atoms with van der Waals surface area (Å²) < 4.78 is 0. The Morgan fingerprint density at radius 1 is 1.31 bits per heavy atom. The van der Waals surface area contributed by atoms with Crippen LogP contribution in [0.1, 0.15) is 39.8 Å². The van der Waals surface area contributed by atoms with Crippen LogP contribution in [0.25, 0.3) is 0 Å². The Kier molecular flexibility index (Phi) is 4.94. The molecule has 16 heavy (non-hydrogen) atoms. The summed E-state index contributed by atoms with van der Waals surface area (Å²) in [6.45, 7) is 11.1. The van der Waals surface area contributed by atoms with E-state index in [1.165, 1.54) is 6.42 Å². The van der Waals surface area contributed by atoms with Crippen LogP contribution in [0.3, 0.4) is 0 Å². The first kappa shape index (κ1) is 13.2. The highest BCUT2D eigenvalue weighted by Gasteiger charge is 2.18. The summed E-state index contributed by atoms with van der Waals surface area (Å²) in [5.41, 5.74) is 1.48. The third-order valence-corrected chi connectivity index (χ3v) is 2.60. The van der Waals surface area contributed by atoms with E-state index >= 15 is 0 Å². The fourth-order valence-corrected chi connectivity index (χ4v) is 2.21. The zero-order valence-electron chi connectivity index (χ0n) is 11.0. The summed E-state index contributed by atoms with van der Waals surface area (Å²) in [5, 5.41) is 3.48. The van der Waals surface area contributed by atoms with Gasteiger partial charge in [-0.3, -0.25) is 4.98 Å². The van der Waals surface area contributed by atoms with Crippen molar-refractivity contribution in [1.29, 1.82) is 0 Å². The van der Waals surface area contributed by atoms with Crippen molar-refractivity contribution in [3.8, 4) is 0 Å². The van der Waals surface area contributed by atoms with E-state index in [-0.39, 0.29) is 0 Å². The quantitative estimate of drug-likeness (QED) is 0.796. The zero-order chi connectivity index (χ0) is 12.0. The minimum atomic E-state index is 0.364. The van der Waals surface area contributed by atoms with E-state index in [2.05, 4.69) is 44.1 Å². The second kappa shape index (κ2) is 6.00. The lowest BCUT2D eigenvalue weighted by atomic mass is 9.84. The highest BCUT2D eigenvalue weighted by Crippen LogP contribution is 2.24. The van der Waals surface area contributed by atoms with Gasteiger partial charge in [0.25, 0.3) is 0 Å². The molecule has 0 amide bonds. The molecule has 0 unspecified atom stereocenters. The SMILES string of the molecule is CC(C)CC(C)(C)CNCc1ccccn1. The van der Waals surface area contributed by atoms with E-state index in [0.717, 1.165) is 24.7 Å². The molecule has 2 nitrogen and oxygen atoms in total. The van der Waals surface area contributed by atoms with E-state index < -0.39 is 0 Å². The lowest BCUT2D eigenvalue weighted by Gasteiger charge is -2.27. The van der Waals surface area contributed by atoms with Crippen LogP contribution < -0.4 is 5.32 Å². The van der Waals surface area contributed by atoms with Gasteiger partial charge in [-0.1, -0.05) is 33.8 Å². The topological polar surface area (TPSA) is 24.9 Å². The fraction of sp³-hybridized carbons (Fsp3) is 0.643. The number of nitrogens with one attached hydrogen (secondary N) is 1. The van der Waals surface area contributed by atoms with Gasteiger partial charge in [0.15, 0.2) is 0 Å². The van der Waals surface area contributed by atoms with Crippen LogP contribution in [-0.2, 0) is 6.54 Å². The molecule has 1 aromatic rings.